The zero-order valence-corrected chi connectivity index (χ0v) is 24.6. The van der Waals surface area contributed by atoms with Gasteiger partial charge in [-0.05, 0) is 42.6 Å². The van der Waals surface area contributed by atoms with Crippen LogP contribution in [0.15, 0.2) is 47.9 Å². The third-order valence-corrected chi connectivity index (χ3v) is 4.70. The van der Waals surface area contributed by atoms with E-state index >= 15 is 0 Å². The number of aryl methyl sites for hydroxylation is 1. The summed E-state index contributed by atoms with van der Waals surface area (Å²) in [5.41, 5.74) is 2.83. The molecule has 0 unspecified atom stereocenters. The molecule has 0 N–H and O–H groups in total. The van der Waals surface area contributed by atoms with E-state index in [0.29, 0.717) is 31.3 Å². The third kappa shape index (κ3) is 10.3. The van der Waals surface area contributed by atoms with Crippen LogP contribution in [0.1, 0.15) is 90.3 Å². The van der Waals surface area contributed by atoms with E-state index in [9.17, 15) is 9.59 Å². The first kappa shape index (κ1) is 33.7. The van der Waals surface area contributed by atoms with E-state index in [2.05, 4.69) is 27.4 Å². The Hall–Kier alpha value is -3.28. The normalized spacial score (nSPS) is 11.6. The van der Waals surface area contributed by atoms with Crippen LogP contribution in [0.3, 0.4) is 0 Å². The van der Waals surface area contributed by atoms with Crippen molar-refractivity contribution in [1.82, 2.24) is 4.57 Å². The van der Waals surface area contributed by atoms with Crippen molar-refractivity contribution < 1.29 is 19.0 Å². The number of methoxy groups -OCH3 is 1. The topological polar surface area (TPSA) is 66.8 Å². The third-order valence-electron chi connectivity index (χ3n) is 4.70. The number of rotatable bonds is 6. The number of fused-ring (bicyclic) bond motifs is 1. The molecule has 3 rings (SSSR count). The number of hydrogen-bond donors (Lipinski definition) is 0. The van der Waals surface area contributed by atoms with Gasteiger partial charge < -0.3 is 18.8 Å². The molecule has 2 aromatic rings. The number of ether oxygens (including phenoxy) is 3. The molecule has 0 atom stereocenters. The molecule has 1 aromatic carbocycles. The lowest BCUT2D eigenvalue weighted by molar-refractivity contribution is 0.0598. The Morgan fingerprint density at radius 1 is 1.11 bits per heavy atom. The predicted octanol–water partition coefficient (Wildman–Crippen LogP) is 7.65. The highest BCUT2D eigenvalue weighted by molar-refractivity contribution is 5.89. The maximum atomic E-state index is 12.4. The van der Waals surface area contributed by atoms with Gasteiger partial charge in [0.05, 0.1) is 7.11 Å². The quantitative estimate of drug-likeness (QED) is 0.293. The molecule has 6 nitrogen and oxygen atoms in total. The second-order valence-electron chi connectivity index (χ2n) is 8.54. The molecule has 1 aliphatic heterocycles. The molecule has 1 aliphatic rings. The average Bonchev–Trinajstić information content (AvgIpc) is 2.90. The first-order chi connectivity index (χ1) is 17.7. The standard InChI is InChI=1S/C23H25NO5.C4H10.2C2H6/c1-5-9-24-14-18(23(26)27-4)20(25)13-19(24)16(3)12-15(2)17-7-6-8-21-22(17)29-11-10-28-21;1-4(2)3;2*1-2/h6-8,12-14H,2,5,9-11H2,1,3-4H3;4H,1-3H3;2*1-2H3/b16-12+;;;. The molecule has 0 radical (unpaired) electrons. The zero-order chi connectivity index (χ0) is 28.5. The fourth-order valence-electron chi connectivity index (χ4n) is 3.34. The number of hydrogen-bond acceptors (Lipinski definition) is 5. The highest BCUT2D eigenvalue weighted by atomic mass is 16.6. The molecule has 0 fully saturated rings. The van der Waals surface area contributed by atoms with Crippen molar-refractivity contribution in [1.29, 1.82) is 0 Å². The van der Waals surface area contributed by atoms with Gasteiger partial charge in [-0.1, -0.05) is 74.1 Å². The average molecular weight is 514 g/mol. The van der Waals surface area contributed by atoms with Crippen LogP contribution in [0.25, 0.3) is 11.1 Å². The summed E-state index contributed by atoms with van der Waals surface area (Å²) in [4.78, 5) is 24.3. The van der Waals surface area contributed by atoms with Gasteiger partial charge in [0.25, 0.3) is 0 Å². The van der Waals surface area contributed by atoms with Crippen molar-refractivity contribution in [3.05, 3.63) is 70.2 Å². The second-order valence-corrected chi connectivity index (χ2v) is 8.54. The van der Waals surface area contributed by atoms with Gasteiger partial charge in [-0.3, -0.25) is 4.79 Å². The summed E-state index contributed by atoms with van der Waals surface area (Å²) in [6.45, 7) is 24.3. The fourth-order valence-corrected chi connectivity index (χ4v) is 3.34. The maximum absolute atomic E-state index is 12.4. The summed E-state index contributed by atoms with van der Waals surface area (Å²) >= 11 is 0. The molecule has 206 valence electrons. The van der Waals surface area contributed by atoms with Crippen LogP contribution in [0.4, 0.5) is 0 Å². The Balaban J connectivity index is 0.00000145. The van der Waals surface area contributed by atoms with Gasteiger partial charge in [-0.15, -0.1) is 0 Å². The fraction of sp³-hybridized carbons (Fsp3) is 0.484. The predicted molar refractivity (Wildman–Crippen MR) is 156 cm³/mol. The number of nitrogens with zero attached hydrogens (tertiary/aromatic N) is 1. The van der Waals surface area contributed by atoms with Crippen LogP contribution >= 0.6 is 0 Å². The number of carbonyl (C=O) groups excluding carboxylic acids is 1. The lowest BCUT2D eigenvalue weighted by Gasteiger charge is -2.21. The Kier molecular flexibility index (Phi) is 16.4. The van der Waals surface area contributed by atoms with Gasteiger partial charge in [0.15, 0.2) is 16.9 Å². The van der Waals surface area contributed by atoms with Crippen molar-refractivity contribution in [2.75, 3.05) is 20.3 Å². The molecule has 6 heteroatoms. The summed E-state index contributed by atoms with van der Waals surface area (Å²) < 4.78 is 18.0. The van der Waals surface area contributed by atoms with Crippen molar-refractivity contribution in [3.63, 3.8) is 0 Å². The van der Waals surface area contributed by atoms with E-state index in [1.54, 1.807) is 6.20 Å². The number of pyridine rings is 1. The summed E-state index contributed by atoms with van der Waals surface area (Å²) in [7, 11) is 1.27. The molecule has 0 bridgehead atoms. The second kappa shape index (κ2) is 18.0. The lowest BCUT2D eigenvalue weighted by Crippen LogP contribution is -2.21. The van der Waals surface area contributed by atoms with Crippen LogP contribution in [0.2, 0.25) is 0 Å². The Morgan fingerprint density at radius 2 is 1.70 bits per heavy atom. The van der Waals surface area contributed by atoms with E-state index in [1.165, 1.54) is 13.2 Å². The smallest absolute Gasteiger partial charge is 0.343 e. The van der Waals surface area contributed by atoms with Crippen molar-refractivity contribution in [2.45, 2.75) is 75.3 Å². The van der Waals surface area contributed by atoms with E-state index < -0.39 is 5.97 Å². The molecule has 2 heterocycles. The number of allylic oxidation sites excluding steroid dienone is 3. The Bertz CT molecular complexity index is 1080. The molecule has 0 saturated carbocycles. The summed E-state index contributed by atoms with van der Waals surface area (Å²) in [6.07, 6.45) is 4.32. The summed E-state index contributed by atoms with van der Waals surface area (Å²) in [6, 6.07) is 7.17. The van der Waals surface area contributed by atoms with Crippen molar-refractivity contribution in [2.24, 2.45) is 5.92 Å². The number of carbonyl (C=O) groups is 1. The summed E-state index contributed by atoms with van der Waals surface area (Å²) in [5.74, 6) is 1.58. The minimum Gasteiger partial charge on any atom is -0.486 e. The Morgan fingerprint density at radius 3 is 2.27 bits per heavy atom. The van der Waals surface area contributed by atoms with E-state index in [4.69, 9.17) is 14.2 Å². The van der Waals surface area contributed by atoms with Gasteiger partial charge in [-0.2, -0.15) is 0 Å². The molecule has 37 heavy (non-hydrogen) atoms. The molecule has 0 saturated heterocycles. The molecule has 0 aliphatic carbocycles. The van der Waals surface area contributed by atoms with Gasteiger partial charge in [-0.25, -0.2) is 4.79 Å². The highest BCUT2D eigenvalue weighted by Gasteiger charge is 2.18. The largest absolute Gasteiger partial charge is 0.486 e. The van der Waals surface area contributed by atoms with Crippen LogP contribution in [-0.4, -0.2) is 30.9 Å². The van der Waals surface area contributed by atoms with E-state index in [-0.39, 0.29) is 11.0 Å². The number of esters is 1. The number of para-hydroxylation sites is 1. The van der Waals surface area contributed by atoms with Gasteiger partial charge in [0.1, 0.15) is 18.8 Å². The highest BCUT2D eigenvalue weighted by Crippen LogP contribution is 2.37. The van der Waals surface area contributed by atoms with Crippen LogP contribution in [0.5, 0.6) is 11.5 Å². The minimum atomic E-state index is -0.634. The van der Waals surface area contributed by atoms with Crippen LogP contribution in [0, 0.1) is 5.92 Å². The summed E-state index contributed by atoms with van der Waals surface area (Å²) in [5, 5.41) is 0. The van der Waals surface area contributed by atoms with Crippen molar-refractivity contribution >= 4 is 17.1 Å². The van der Waals surface area contributed by atoms with Crippen molar-refractivity contribution in [3.8, 4) is 11.5 Å². The van der Waals surface area contributed by atoms with E-state index in [1.807, 2.05) is 70.4 Å². The lowest BCUT2D eigenvalue weighted by atomic mass is 10.0. The molecule has 1 aromatic heterocycles. The van der Waals surface area contributed by atoms with Gasteiger partial charge >= 0.3 is 5.97 Å². The van der Waals surface area contributed by atoms with Crippen LogP contribution < -0.4 is 14.9 Å². The monoisotopic (exact) mass is 513 g/mol. The van der Waals surface area contributed by atoms with Gasteiger partial charge in [0.2, 0.25) is 0 Å². The first-order valence-electron chi connectivity index (χ1n) is 13.3. The number of benzene rings is 1. The van der Waals surface area contributed by atoms with Gasteiger partial charge in [0, 0.05) is 30.1 Å². The molecule has 0 amide bonds. The zero-order valence-electron chi connectivity index (χ0n) is 24.6. The van der Waals surface area contributed by atoms with E-state index in [0.717, 1.165) is 34.7 Å². The first-order valence-corrected chi connectivity index (χ1v) is 13.3. The Labute approximate surface area is 224 Å². The number of aromatic nitrogens is 1. The molecular weight excluding hydrogens is 466 g/mol. The molecule has 0 spiro atoms. The molecular formula is C31H47NO5. The maximum Gasteiger partial charge on any atom is 0.343 e. The minimum absolute atomic E-state index is 0.0269. The van der Waals surface area contributed by atoms with Crippen LogP contribution in [-0.2, 0) is 11.3 Å². The SMILES string of the molecule is C=C(/C=C(\C)c1cc(=O)c(C(=O)OC)cn1CCC)c1cccc2c1OCCO2.CC.CC.CC(C)C.